The van der Waals surface area contributed by atoms with Gasteiger partial charge in [0.1, 0.15) is 6.07 Å². The fourth-order valence-electron chi connectivity index (χ4n) is 2.00. The first kappa shape index (κ1) is 17.7. The SMILES string of the molecule is COc1cc(/C=N\n2c(C(C)(C)C)n[nH]c2=S)ccc1OCC#N. The maximum atomic E-state index is 8.59. The number of aromatic amines is 1. The van der Waals surface area contributed by atoms with Crippen molar-refractivity contribution in [3.63, 3.8) is 0 Å². The van der Waals surface area contributed by atoms with Crippen molar-refractivity contribution in [2.24, 2.45) is 5.10 Å². The summed E-state index contributed by atoms with van der Waals surface area (Å²) >= 11 is 5.23. The predicted octanol–water partition coefficient (Wildman–Crippen LogP) is 3.03. The summed E-state index contributed by atoms with van der Waals surface area (Å²) in [4.78, 5) is 0. The van der Waals surface area contributed by atoms with Gasteiger partial charge < -0.3 is 9.47 Å². The number of rotatable bonds is 5. The molecule has 7 nitrogen and oxygen atoms in total. The molecule has 1 N–H and O–H groups in total. The first-order chi connectivity index (χ1) is 11.4. The van der Waals surface area contributed by atoms with Gasteiger partial charge in [-0.05, 0) is 36.0 Å². The van der Waals surface area contributed by atoms with E-state index in [2.05, 4.69) is 15.3 Å². The van der Waals surface area contributed by atoms with Crippen LogP contribution in [0.25, 0.3) is 0 Å². The number of nitrogens with zero attached hydrogens (tertiary/aromatic N) is 4. The minimum absolute atomic E-state index is 0.0388. The minimum atomic E-state index is -0.197. The maximum absolute atomic E-state index is 8.59. The van der Waals surface area contributed by atoms with E-state index in [1.165, 1.54) is 0 Å². The normalized spacial score (nSPS) is 11.5. The lowest BCUT2D eigenvalue weighted by molar-refractivity contribution is 0.329. The van der Waals surface area contributed by atoms with Crippen molar-refractivity contribution in [2.45, 2.75) is 26.2 Å². The molecule has 24 heavy (non-hydrogen) atoms. The monoisotopic (exact) mass is 345 g/mol. The number of benzene rings is 1. The summed E-state index contributed by atoms with van der Waals surface area (Å²) < 4.78 is 12.6. The number of hydrogen-bond acceptors (Lipinski definition) is 6. The van der Waals surface area contributed by atoms with E-state index < -0.39 is 0 Å². The van der Waals surface area contributed by atoms with Crippen molar-refractivity contribution in [3.05, 3.63) is 34.4 Å². The van der Waals surface area contributed by atoms with Crippen molar-refractivity contribution < 1.29 is 9.47 Å². The predicted molar refractivity (Wildman–Crippen MR) is 93.2 cm³/mol. The molecule has 0 aliphatic carbocycles. The van der Waals surface area contributed by atoms with Gasteiger partial charge in [-0.25, -0.2) is 0 Å². The summed E-state index contributed by atoms with van der Waals surface area (Å²) in [7, 11) is 1.54. The Morgan fingerprint density at radius 3 is 2.79 bits per heavy atom. The smallest absolute Gasteiger partial charge is 0.216 e. The van der Waals surface area contributed by atoms with Crippen LogP contribution >= 0.6 is 12.2 Å². The maximum Gasteiger partial charge on any atom is 0.216 e. The number of aromatic nitrogens is 3. The summed E-state index contributed by atoms with van der Waals surface area (Å²) in [6, 6.07) is 7.25. The van der Waals surface area contributed by atoms with Crippen LogP contribution in [0.1, 0.15) is 32.2 Å². The Balaban J connectivity index is 2.32. The number of nitriles is 1. The number of hydrogen-bond donors (Lipinski definition) is 1. The molecule has 0 aliphatic rings. The quantitative estimate of drug-likeness (QED) is 0.665. The van der Waals surface area contributed by atoms with Crippen molar-refractivity contribution >= 4 is 18.4 Å². The highest BCUT2D eigenvalue weighted by atomic mass is 32.1. The molecule has 0 aliphatic heterocycles. The molecule has 1 aromatic carbocycles. The minimum Gasteiger partial charge on any atom is -0.493 e. The second kappa shape index (κ2) is 7.27. The van der Waals surface area contributed by atoms with E-state index in [-0.39, 0.29) is 12.0 Å². The molecular formula is C16H19N5O2S. The molecule has 0 atom stereocenters. The van der Waals surface area contributed by atoms with Crippen molar-refractivity contribution in [1.29, 1.82) is 5.26 Å². The van der Waals surface area contributed by atoms with Crippen LogP contribution in [0.2, 0.25) is 0 Å². The fourth-order valence-corrected chi connectivity index (χ4v) is 2.18. The van der Waals surface area contributed by atoms with Crippen LogP contribution in [0.3, 0.4) is 0 Å². The van der Waals surface area contributed by atoms with E-state index in [0.717, 1.165) is 11.4 Å². The highest BCUT2D eigenvalue weighted by Crippen LogP contribution is 2.27. The standard InChI is InChI=1S/C16H19N5O2S/c1-16(2,3)14-19-20-15(24)21(14)18-10-11-5-6-12(23-8-7-17)13(9-11)22-4/h5-6,9-10H,8H2,1-4H3,(H,20,24)/b18-10-. The molecular weight excluding hydrogens is 326 g/mol. The summed E-state index contributed by atoms with van der Waals surface area (Å²) in [5, 5.41) is 20.0. The number of ether oxygens (including phenoxy) is 2. The Bertz CT molecular complexity index is 839. The average molecular weight is 345 g/mol. The van der Waals surface area contributed by atoms with Crippen LogP contribution in [-0.2, 0) is 5.41 Å². The van der Waals surface area contributed by atoms with Gasteiger partial charge in [0.05, 0.1) is 13.3 Å². The van der Waals surface area contributed by atoms with E-state index >= 15 is 0 Å². The van der Waals surface area contributed by atoms with Gasteiger partial charge in [0, 0.05) is 5.41 Å². The highest BCUT2D eigenvalue weighted by molar-refractivity contribution is 7.71. The van der Waals surface area contributed by atoms with Crippen LogP contribution in [0, 0.1) is 16.1 Å². The van der Waals surface area contributed by atoms with Crippen LogP contribution in [0.15, 0.2) is 23.3 Å². The van der Waals surface area contributed by atoms with Crippen molar-refractivity contribution in [3.8, 4) is 17.6 Å². The lowest BCUT2D eigenvalue weighted by Gasteiger charge is -2.15. The summed E-state index contributed by atoms with van der Waals surface area (Å²) in [6.07, 6.45) is 1.66. The molecule has 0 saturated carbocycles. The Labute approximate surface area is 145 Å². The summed E-state index contributed by atoms with van der Waals surface area (Å²) in [6.45, 7) is 6.07. The summed E-state index contributed by atoms with van der Waals surface area (Å²) in [5.74, 6) is 1.78. The highest BCUT2D eigenvalue weighted by Gasteiger charge is 2.21. The third kappa shape index (κ3) is 4.00. The molecule has 2 aromatic rings. The van der Waals surface area contributed by atoms with Gasteiger partial charge in [-0.15, -0.1) is 0 Å². The number of nitrogens with one attached hydrogen (secondary N) is 1. The molecule has 8 heteroatoms. The van der Waals surface area contributed by atoms with E-state index in [1.54, 1.807) is 30.1 Å². The van der Waals surface area contributed by atoms with Gasteiger partial charge >= 0.3 is 0 Å². The number of methoxy groups -OCH3 is 1. The zero-order chi connectivity index (χ0) is 17.7. The van der Waals surface area contributed by atoms with Crippen molar-refractivity contribution in [2.75, 3.05) is 13.7 Å². The summed E-state index contributed by atoms with van der Waals surface area (Å²) in [5.41, 5.74) is 0.608. The molecule has 0 saturated heterocycles. The second-order valence-corrected chi connectivity index (χ2v) is 6.40. The Morgan fingerprint density at radius 2 is 2.17 bits per heavy atom. The van der Waals surface area contributed by atoms with Crippen LogP contribution < -0.4 is 9.47 Å². The molecule has 1 heterocycles. The molecule has 0 spiro atoms. The first-order valence-electron chi connectivity index (χ1n) is 7.27. The van der Waals surface area contributed by atoms with Crippen molar-refractivity contribution in [1.82, 2.24) is 14.9 Å². The van der Waals surface area contributed by atoms with Crippen LogP contribution in [-0.4, -0.2) is 34.8 Å². The molecule has 0 amide bonds. The van der Waals surface area contributed by atoms with Crippen LogP contribution in [0.5, 0.6) is 11.5 Å². The van der Waals surface area contributed by atoms with Gasteiger partial charge in [-0.2, -0.15) is 20.1 Å². The van der Waals surface area contributed by atoms with E-state index in [9.17, 15) is 0 Å². The van der Waals surface area contributed by atoms with Gasteiger partial charge in [0.25, 0.3) is 0 Å². The molecule has 126 valence electrons. The number of H-pyrrole nitrogens is 1. The molecule has 2 rings (SSSR count). The fraction of sp³-hybridized carbons (Fsp3) is 0.375. The third-order valence-electron chi connectivity index (χ3n) is 3.12. The van der Waals surface area contributed by atoms with Gasteiger partial charge in [0.15, 0.2) is 23.9 Å². The van der Waals surface area contributed by atoms with E-state index in [0.29, 0.717) is 16.3 Å². The molecule has 0 bridgehead atoms. The zero-order valence-corrected chi connectivity index (χ0v) is 14.8. The Morgan fingerprint density at radius 1 is 1.42 bits per heavy atom. The van der Waals surface area contributed by atoms with Crippen LogP contribution in [0.4, 0.5) is 0 Å². The lowest BCUT2D eigenvalue weighted by Crippen LogP contribution is -2.17. The lowest BCUT2D eigenvalue weighted by atomic mass is 9.96. The topological polar surface area (TPSA) is 88.2 Å². The van der Waals surface area contributed by atoms with E-state index in [1.807, 2.05) is 32.9 Å². The molecule has 0 radical (unpaired) electrons. The van der Waals surface area contributed by atoms with Gasteiger partial charge in [-0.1, -0.05) is 20.8 Å². The second-order valence-electron chi connectivity index (χ2n) is 6.02. The Hall–Kier alpha value is -2.66. The molecule has 0 fully saturated rings. The largest absolute Gasteiger partial charge is 0.493 e. The molecule has 1 aromatic heterocycles. The first-order valence-corrected chi connectivity index (χ1v) is 7.67. The molecule has 0 unspecified atom stereocenters. The van der Waals surface area contributed by atoms with E-state index in [4.69, 9.17) is 27.0 Å². The van der Waals surface area contributed by atoms with Gasteiger partial charge in [0.2, 0.25) is 4.77 Å². The zero-order valence-electron chi connectivity index (χ0n) is 14.0. The van der Waals surface area contributed by atoms with Gasteiger partial charge in [-0.3, -0.25) is 5.10 Å². The third-order valence-corrected chi connectivity index (χ3v) is 3.39. The average Bonchev–Trinajstić information content (AvgIpc) is 2.92. The Kier molecular flexibility index (Phi) is 5.36.